The van der Waals surface area contributed by atoms with Gasteiger partial charge in [-0.1, -0.05) is 18.2 Å². The van der Waals surface area contributed by atoms with Gasteiger partial charge in [-0.05, 0) is 12.1 Å². The molecule has 18 heavy (non-hydrogen) atoms. The normalized spacial score (nSPS) is 10.9. The summed E-state index contributed by atoms with van der Waals surface area (Å²) in [6, 6.07) is 6.32. The summed E-state index contributed by atoms with van der Waals surface area (Å²) < 4.78 is 23.3. The molecule has 0 bridgehead atoms. The summed E-state index contributed by atoms with van der Waals surface area (Å²) in [5, 5.41) is 8.84. The monoisotopic (exact) mass is 269 g/mol. The van der Waals surface area contributed by atoms with Crippen LogP contribution in [0.2, 0.25) is 0 Å². The first-order chi connectivity index (χ1) is 8.36. The summed E-state index contributed by atoms with van der Waals surface area (Å²) in [6.07, 6.45) is 2.63. The van der Waals surface area contributed by atoms with E-state index in [0.717, 1.165) is 6.26 Å². The largest absolute Gasteiger partial charge is 0.480 e. The summed E-state index contributed by atoms with van der Waals surface area (Å²) in [7, 11) is -3.40. The van der Waals surface area contributed by atoms with E-state index in [-0.39, 0.29) is 18.0 Å². The van der Waals surface area contributed by atoms with Crippen LogP contribution in [0, 0.1) is 0 Å². The van der Waals surface area contributed by atoms with Crippen LogP contribution in [0.5, 0.6) is 0 Å². The van der Waals surface area contributed by atoms with Gasteiger partial charge in [-0.25, -0.2) is 8.42 Å². The number of para-hydroxylation sites is 1. The number of carboxylic acids is 1. The van der Waals surface area contributed by atoms with Gasteiger partial charge in [0.05, 0.1) is 10.6 Å². The highest BCUT2D eigenvalue weighted by Crippen LogP contribution is 2.24. The van der Waals surface area contributed by atoms with Gasteiger partial charge in [-0.3, -0.25) is 4.79 Å². The third kappa shape index (κ3) is 3.59. The van der Waals surface area contributed by atoms with E-state index in [1.165, 1.54) is 17.0 Å². The first-order valence-corrected chi connectivity index (χ1v) is 7.12. The Morgan fingerprint density at radius 3 is 2.56 bits per heavy atom. The average Bonchev–Trinajstić information content (AvgIpc) is 2.27. The highest BCUT2D eigenvalue weighted by atomic mass is 32.2. The summed E-state index contributed by atoms with van der Waals surface area (Å²) >= 11 is 0. The van der Waals surface area contributed by atoms with E-state index in [4.69, 9.17) is 5.11 Å². The first-order valence-electron chi connectivity index (χ1n) is 5.23. The van der Waals surface area contributed by atoms with E-state index >= 15 is 0 Å². The second-order valence-corrected chi connectivity index (χ2v) is 5.79. The second kappa shape index (κ2) is 5.68. The van der Waals surface area contributed by atoms with Crippen LogP contribution < -0.4 is 4.90 Å². The van der Waals surface area contributed by atoms with Gasteiger partial charge in [-0.15, -0.1) is 6.58 Å². The standard InChI is InChI=1S/C12H15NO4S/c1-3-8-13(9-12(14)15)10-6-4-5-7-11(10)18(2,16)17/h3-7H,1,8-9H2,2H3,(H,14,15). The lowest BCUT2D eigenvalue weighted by molar-refractivity contribution is -0.135. The molecule has 0 saturated carbocycles. The van der Waals surface area contributed by atoms with Gasteiger partial charge < -0.3 is 10.0 Å². The van der Waals surface area contributed by atoms with Crippen LogP contribution in [-0.4, -0.2) is 38.8 Å². The number of sulfone groups is 1. The molecule has 0 aliphatic heterocycles. The quantitative estimate of drug-likeness (QED) is 0.785. The van der Waals surface area contributed by atoms with Crippen LogP contribution in [-0.2, 0) is 14.6 Å². The van der Waals surface area contributed by atoms with Crippen molar-refractivity contribution in [2.24, 2.45) is 0 Å². The maximum absolute atomic E-state index is 11.6. The number of carbonyl (C=O) groups is 1. The Bertz CT molecular complexity index is 551. The SMILES string of the molecule is C=CCN(CC(=O)O)c1ccccc1S(C)(=O)=O. The molecule has 5 nitrogen and oxygen atoms in total. The molecule has 0 aliphatic carbocycles. The maximum atomic E-state index is 11.6. The lowest BCUT2D eigenvalue weighted by atomic mass is 10.3. The van der Waals surface area contributed by atoms with Gasteiger partial charge >= 0.3 is 5.97 Å². The number of benzene rings is 1. The Balaban J connectivity index is 3.27. The molecular weight excluding hydrogens is 254 g/mol. The van der Waals surface area contributed by atoms with Gasteiger partial charge in [0.2, 0.25) is 0 Å². The fraction of sp³-hybridized carbons (Fsp3) is 0.250. The molecule has 0 saturated heterocycles. The van der Waals surface area contributed by atoms with Crippen LogP contribution in [0.3, 0.4) is 0 Å². The molecule has 6 heteroatoms. The lowest BCUT2D eigenvalue weighted by Crippen LogP contribution is -2.30. The van der Waals surface area contributed by atoms with Gasteiger partial charge in [0.25, 0.3) is 0 Å². The van der Waals surface area contributed by atoms with Crippen molar-refractivity contribution in [3.63, 3.8) is 0 Å². The number of nitrogens with zero attached hydrogens (tertiary/aromatic N) is 1. The van der Waals surface area contributed by atoms with Crippen molar-refractivity contribution in [1.29, 1.82) is 0 Å². The average molecular weight is 269 g/mol. The van der Waals surface area contributed by atoms with Crippen molar-refractivity contribution in [2.45, 2.75) is 4.90 Å². The second-order valence-electron chi connectivity index (χ2n) is 3.80. The van der Waals surface area contributed by atoms with Crippen LogP contribution >= 0.6 is 0 Å². The highest BCUT2D eigenvalue weighted by Gasteiger charge is 2.18. The van der Waals surface area contributed by atoms with Crippen molar-refractivity contribution in [1.82, 2.24) is 0 Å². The van der Waals surface area contributed by atoms with Crippen LogP contribution in [0.1, 0.15) is 0 Å². The van der Waals surface area contributed by atoms with E-state index < -0.39 is 15.8 Å². The Morgan fingerprint density at radius 1 is 1.44 bits per heavy atom. The Morgan fingerprint density at radius 2 is 2.06 bits per heavy atom. The molecule has 1 aromatic carbocycles. The first kappa shape index (κ1) is 14.2. The molecular formula is C12H15NO4S. The zero-order chi connectivity index (χ0) is 13.8. The van der Waals surface area contributed by atoms with Crippen molar-refractivity contribution in [2.75, 3.05) is 24.2 Å². The molecule has 0 fully saturated rings. The number of aliphatic carboxylic acids is 1. The molecule has 1 aromatic rings. The zero-order valence-electron chi connectivity index (χ0n) is 10.0. The minimum Gasteiger partial charge on any atom is -0.480 e. The predicted octanol–water partition coefficient (Wildman–Crippen LogP) is 1.17. The molecule has 0 spiro atoms. The van der Waals surface area contributed by atoms with Gasteiger partial charge in [-0.2, -0.15) is 0 Å². The minimum atomic E-state index is -3.40. The Labute approximate surface area is 106 Å². The summed E-state index contributed by atoms with van der Waals surface area (Å²) in [5.41, 5.74) is 0.377. The molecule has 1 N–H and O–H groups in total. The molecule has 0 radical (unpaired) electrons. The van der Waals surface area contributed by atoms with Crippen LogP contribution in [0.25, 0.3) is 0 Å². The summed E-state index contributed by atoms with van der Waals surface area (Å²) in [4.78, 5) is 12.4. The van der Waals surface area contributed by atoms with Crippen molar-refractivity contribution < 1.29 is 18.3 Å². The molecule has 98 valence electrons. The topological polar surface area (TPSA) is 74.7 Å². The van der Waals surface area contributed by atoms with Crippen LogP contribution in [0.15, 0.2) is 41.8 Å². The third-order valence-corrected chi connectivity index (χ3v) is 3.43. The van der Waals surface area contributed by atoms with E-state index in [1.807, 2.05) is 0 Å². The van der Waals surface area contributed by atoms with Crippen molar-refractivity contribution >= 4 is 21.5 Å². The number of anilines is 1. The fourth-order valence-corrected chi connectivity index (χ4v) is 2.50. The Hall–Kier alpha value is -1.82. The van der Waals surface area contributed by atoms with E-state index in [0.29, 0.717) is 5.69 Å². The fourth-order valence-electron chi connectivity index (χ4n) is 1.60. The summed E-state index contributed by atoms with van der Waals surface area (Å²) in [6.45, 7) is 3.52. The highest BCUT2D eigenvalue weighted by molar-refractivity contribution is 7.90. The summed E-state index contributed by atoms with van der Waals surface area (Å²) in [5.74, 6) is -1.03. The molecule has 0 atom stereocenters. The number of hydrogen-bond acceptors (Lipinski definition) is 4. The van der Waals surface area contributed by atoms with Gasteiger partial charge in [0.1, 0.15) is 6.54 Å². The molecule has 0 aromatic heterocycles. The third-order valence-electron chi connectivity index (χ3n) is 2.28. The van der Waals surface area contributed by atoms with Gasteiger partial charge in [0, 0.05) is 12.8 Å². The van der Waals surface area contributed by atoms with Crippen molar-refractivity contribution in [3.05, 3.63) is 36.9 Å². The maximum Gasteiger partial charge on any atom is 0.323 e. The van der Waals surface area contributed by atoms with Crippen LogP contribution in [0.4, 0.5) is 5.69 Å². The molecule has 0 aliphatic rings. The lowest BCUT2D eigenvalue weighted by Gasteiger charge is -2.23. The number of rotatable bonds is 6. The Kier molecular flexibility index (Phi) is 4.49. The smallest absolute Gasteiger partial charge is 0.323 e. The minimum absolute atomic E-state index is 0.119. The molecule has 0 unspecified atom stereocenters. The van der Waals surface area contributed by atoms with Crippen molar-refractivity contribution in [3.8, 4) is 0 Å². The predicted molar refractivity (Wildman–Crippen MR) is 69.6 cm³/mol. The molecule has 0 heterocycles. The van der Waals surface area contributed by atoms with E-state index in [1.54, 1.807) is 18.2 Å². The van der Waals surface area contributed by atoms with E-state index in [2.05, 4.69) is 6.58 Å². The molecule has 1 rings (SSSR count). The number of hydrogen-bond donors (Lipinski definition) is 1. The molecule has 0 amide bonds. The van der Waals surface area contributed by atoms with Gasteiger partial charge in [0.15, 0.2) is 9.84 Å². The number of carboxylic acid groups (broad SMARTS) is 1. The van der Waals surface area contributed by atoms with E-state index in [9.17, 15) is 13.2 Å². The zero-order valence-corrected chi connectivity index (χ0v) is 10.9.